The third-order valence-corrected chi connectivity index (χ3v) is 2.27. The standard InChI is InChI=1S/C9H9Cl2NO2/c1-3-14-9(13)6-4-7(10)5(2)12-8(6)11/h4H,3H2,1-2H3. The fourth-order valence-corrected chi connectivity index (χ4v) is 1.31. The second kappa shape index (κ2) is 4.62. The second-order valence-corrected chi connectivity index (χ2v) is 3.38. The zero-order valence-corrected chi connectivity index (χ0v) is 9.32. The summed E-state index contributed by atoms with van der Waals surface area (Å²) in [7, 11) is 0. The molecule has 1 aromatic heterocycles. The third kappa shape index (κ3) is 2.36. The van der Waals surface area contributed by atoms with Gasteiger partial charge in [0.1, 0.15) is 5.15 Å². The summed E-state index contributed by atoms with van der Waals surface area (Å²) >= 11 is 11.6. The summed E-state index contributed by atoms with van der Waals surface area (Å²) in [6.45, 7) is 3.72. The van der Waals surface area contributed by atoms with E-state index >= 15 is 0 Å². The molecule has 0 saturated carbocycles. The van der Waals surface area contributed by atoms with E-state index in [-0.39, 0.29) is 10.7 Å². The van der Waals surface area contributed by atoms with Crippen LogP contribution in [0, 0.1) is 6.92 Å². The van der Waals surface area contributed by atoms with Crippen molar-refractivity contribution >= 4 is 29.2 Å². The molecule has 0 amide bonds. The Morgan fingerprint density at radius 2 is 2.21 bits per heavy atom. The second-order valence-electron chi connectivity index (χ2n) is 2.61. The van der Waals surface area contributed by atoms with E-state index in [1.54, 1.807) is 13.8 Å². The molecule has 0 atom stereocenters. The Kier molecular flexibility index (Phi) is 3.72. The molecule has 0 bridgehead atoms. The molecule has 0 radical (unpaired) electrons. The smallest absolute Gasteiger partial charge is 0.341 e. The van der Waals surface area contributed by atoms with Gasteiger partial charge in [-0.3, -0.25) is 0 Å². The third-order valence-electron chi connectivity index (χ3n) is 1.60. The number of carbonyl (C=O) groups is 1. The number of hydrogen-bond acceptors (Lipinski definition) is 3. The van der Waals surface area contributed by atoms with Crippen LogP contribution >= 0.6 is 23.2 Å². The number of rotatable bonds is 2. The number of nitrogens with zero attached hydrogens (tertiary/aromatic N) is 1. The van der Waals surface area contributed by atoms with E-state index < -0.39 is 5.97 Å². The number of pyridine rings is 1. The van der Waals surface area contributed by atoms with E-state index in [1.807, 2.05) is 0 Å². The lowest BCUT2D eigenvalue weighted by atomic mass is 10.2. The van der Waals surface area contributed by atoms with Crippen LogP contribution in [0.3, 0.4) is 0 Å². The van der Waals surface area contributed by atoms with Crippen molar-refractivity contribution in [2.24, 2.45) is 0 Å². The van der Waals surface area contributed by atoms with Crippen molar-refractivity contribution in [3.8, 4) is 0 Å². The molecule has 14 heavy (non-hydrogen) atoms. The number of halogens is 2. The van der Waals surface area contributed by atoms with E-state index in [2.05, 4.69) is 4.98 Å². The molecule has 76 valence electrons. The summed E-state index contributed by atoms with van der Waals surface area (Å²) in [5.74, 6) is -0.507. The van der Waals surface area contributed by atoms with E-state index in [1.165, 1.54) is 6.07 Å². The first-order chi connectivity index (χ1) is 6.56. The zero-order valence-electron chi connectivity index (χ0n) is 7.80. The molecular weight excluding hydrogens is 225 g/mol. The van der Waals surface area contributed by atoms with E-state index in [0.717, 1.165) is 0 Å². The van der Waals surface area contributed by atoms with Gasteiger partial charge in [0.05, 0.1) is 22.9 Å². The van der Waals surface area contributed by atoms with Gasteiger partial charge in [-0.25, -0.2) is 9.78 Å². The Bertz CT molecular complexity index is 366. The van der Waals surface area contributed by atoms with Crippen molar-refractivity contribution in [1.82, 2.24) is 4.98 Å². The lowest BCUT2D eigenvalue weighted by Gasteiger charge is -2.05. The fourth-order valence-electron chi connectivity index (χ4n) is 0.904. The Balaban J connectivity index is 3.09. The molecule has 0 unspecified atom stereocenters. The quantitative estimate of drug-likeness (QED) is 0.583. The maximum Gasteiger partial charge on any atom is 0.341 e. The molecule has 0 N–H and O–H groups in total. The molecule has 1 heterocycles. The van der Waals surface area contributed by atoms with Crippen LogP contribution in [0.1, 0.15) is 23.0 Å². The van der Waals surface area contributed by atoms with E-state index in [9.17, 15) is 4.79 Å². The van der Waals surface area contributed by atoms with Crippen LogP contribution < -0.4 is 0 Å². The highest BCUT2D eigenvalue weighted by Crippen LogP contribution is 2.21. The molecule has 0 aliphatic heterocycles. The van der Waals surface area contributed by atoms with Crippen LogP contribution in [0.4, 0.5) is 0 Å². The maximum absolute atomic E-state index is 11.3. The molecule has 3 nitrogen and oxygen atoms in total. The van der Waals surface area contributed by atoms with Gasteiger partial charge in [0.25, 0.3) is 0 Å². The number of esters is 1. The van der Waals surface area contributed by atoms with Gasteiger partial charge >= 0.3 is 5.97 Å². The molecule has 5 heteroatoms. The molecule has 0 aliphatic carbocycles. The van der Waals surface area contributed by atoms with Gasteiger partial charge in [0, 0.05) is 0 Å². The predicted octanol–water partition coefficient (Wildman–Crippen LogP) is 2.87. The summed E-state index contributed by atoms with van der Waals surface area (Å²) in [5.41, 5.74) is 0.786. The first-order valence-corrected chi connectivity index (χ1v) is 4.81. The predicted molar refractivity (Wildman–Crippen MR) is 55.0 cm³/mol. The molecule has 0 saturated heterocycles. The van der Waals surface area contributed by atoms with Crippen LogP contribution in [-0.2, 0) is 4.74 Å². The van der Waals surface area contributed by atoms with Gasteiger partial charge in [0.15, 0.2) is 0 Å². The Hall–Kier alpha value is -0.800. The fraction of sp³-hybridized carbons (Fsp3) is 0.333. The number of hydrogen-bond donors (Lipinski definition) is 0. The first-order valence-electron chi connectivity index (χ1n) is 4.06. The number of aromatic nitrogens is 1. The Labute approximate surface area is 92.0 Å². The number of carbonyl (C=O) groups excluding carboxylic acids is 1. The molecule has 0 fully saturated rings. The summed E-state index contributed by atoms with van der Waals surface area (Å²) < 4.78 is 4.78. The van der Waals surface area contributed by atoms with Crippen LogP contribution in [-0.4, -0.2) is 17.6 Å². The summed E-state index contributed by atoms with van der Waals surface area (Å²) in [5, 5.41) is 0.516. The lowest BCUT2D eigenvalue weighted by molar-refractivity contribution is 0.0526. The van der Waals surface area contributed by atoms with Crippen molar-refractivity contribution in [2.45, 2.75) is 13.8 Å². The van der Waals surface area contributed by atoms with E-state index in [0.29, 0.717) is 17.3 Å². The van der Waals surface area contributed by atoms with Crippen LogP contribution in [0.15, 0.2) is 6.07 Å². The molecule has 0 aromatic carbocycles. The van der Waals surface area contributed by atoms with Crippen molar-refractivity contribution in [2.75, 3.05) is 6.61 Å². The zero-order chi connectivity index (χ0) is 10.7. The Morgan fingerprint density at radius 1 is 1.57 bits per heavy atom. The largest absolute Gasteiger partial charge is 0.462 e. The summed E-state index contributed by atoms with van der Waals surface area (Å²) in [6.07, 6.45) is 0. The highest BCUT2D eigenvalue weighted by molar-refractivity contribution is 6.34. The lowest BCUT2D eigenvalue weighted by Crippen LogP contribution is -2.06. The van der Waals surface area contributed by atoms with E-state index in [4.69, 9.17) is 27.9 Å². The normalized spacial score (nSPS) is 10.0. The molecule has 0 aliphatic rings. The Morgan fingerprint density at radius 3 is 2.79 bits per heavy atom. The highest BCUT2D eigenvalue weighted by atomic mass is 35.5. The molecular formula is C9H9Cl2NO2. The number of ether oxygens (including phenoxy) is 1. The maximum atomic E-state index is 11.3. The van der Waals surface area contributed by atoms with Gasteiger partial charge in [-0.05, 0) is 19.9 Å². The van der Waals surface area contributed by atoms with Gasteiger partial charge in [-0.15, -0.1) is 0 Å². The topological polar surface area (TPSA) is 39.2 Å². The average molecular weight is 234 g/mol. The molecule has 1 rings (SSSR count). The van der Waals surface area contributed by atoms with Crippen LogP contribution in [0.2, 0.25) is 10.2 Å². The average Bonchev–Trinajstić information content (AvgIpc) is 2.11. The SMILES string of the molecule is CCOC(=O)c1cc(Cl)c(C)nc1Cl. The minimum atomic E-state index is -0.507. The van der Waals surface area contributed by atoms with Gasteiger partial charge in [-0.1, -0.05) is 23.2 Å². The first kappa shape index (κ1) is 11.3. The number of aryl methyl sites for hydroxylation is 1. The van der Waals surface area contributed by atoms with Gasteiger partial charge in [0.2, 0.25) is 0 Å². The van der Waals surface area contributed by atoms with Crippen molar-refractivity contribution in [1.29, 1.82) is 0 Å². The summed E-state index contributed by atoms with van der Waals surface area (Å²) in [6, 6.07) is 1.46. The monoisotopic (exact) mass is 233 g/mol. The minimum Gasteiger partial charge on any atom is -0.462 e. The van der Waals surface area contributed by atoms with Crippen molar-refractivity contribution in [3.05, 3.63) is 27.5 Å². The van der Waals surface area contributed by atoms with Crippen molar-refractivity contribution < 1.29 is 9.53 Å². The minimum absolute atomic E-state index is 0.116. The van der Waals surface area contributed by atoms with Crippen LogP contribution in [0.5, 0.6) is 0 Å². The molecule has 1 aromatic rings. The molecule has 0 spiro atoms. The highest BCUT2D eigenvalue weighted by Gasteiger charge is 2.14. The van der Waals surface area contributed by atoms with Gasteiger partial charge < -0.3 is 4.74 Å². The summed E-state index contributed by atoms with van der Waals surface area (Å²) in [4.78, 5) is 15.2. The van der Waals surface area contributed by atoms with Crippen molar-refractivity contribution in [3.63, 3.8) is 0 Å². The van der Waals surface area contributed by atoms with Gasteiger partial charge in [-0.2, -0.15) is 0 Å². The van der Waals surface area contributed by atoms with Crippen LogP contribution in [0.25, 0.3) is 0 Å².